The van der Waals surface area contributed by atoms with Gasteiger partial charge in [0.05, 0.1) is 10.1 Å². The van der Waals surface area contributed by atoms with Crippen LogP contribution >= 0.6 is 15.9 Å². The number of benzene rings is 1. The molecule has 0 heterocycles. The van der Waals surface area contributed by atoms with Crippen LogP contribution in [0, 0.1) is 5.82 Å². The number of ether oxygens (including phenoxy) is 1. The number of hydrogen-bond donors (Lipinski definition) is 0. The summed E-state index contributed by atoms with van der Waals surface area (Å²) < 4.78 is 19.4. The van der Waals surface area contributed by atoms with E-state index in [-0.39, 0.29) is 11.4 Å². The first kappa shape index (κ1) is 9.16. The average molecular weight is 245 g/mol. The van der Waals surface area contributed by atoms with E-state index in [9.17, 15) is 4.39 Å². The molecule has 1 nitrogen and oxygen atoms in total. The van der Waals surface area contributed by atoms with Crippen molar-refractivity contribution in [3.63, 3.8) is 0 Å². The Morgan fingerprint density at radius 3 is 2.69 bits per heavy atom. The summed E-state index contributed by atoms with van der Waals surface area (Å²) in [7, 11) is 1.63. The van der Waals surface area contributed by atoms with Gasteiger partial charge in [-0.25, -0.2) is 4.39 Å². The largest absolute Gasteiger partial charge is 0.373 e. The molecule has 0 saturated heterocycles. The molecule has 0 radical (unpaired) electrons. The van der Waals surface area contributed by atoms with Crippen molar-refractivity contribution in [3.05, 3.63) is 34.1 Å². The minimum Gasteiger partial charge on any atom is -0.373 e. The Balaban J connectivity index is 2.46. The van der Waals surface area contributed by atoms with Crippen molar-refractivity contribution in [1.82, 2.24) is 0 Å². The highest BCUT2D eigenvalue weighted by molar-refractivity contribution is 9.10. The van der Waals surface area contributed by atoms with E-state index < -0.39 is 0 Å². The molecule has 0 spiro atoms. The van der Waals surface area contributed by atoms with Crippen LogP contribution in [0.4, 0.5) is 4.39 Å². The topological polar surface area (TPSA) is 9.23 Å². The molecule has 2 rings (SSSR count). The molecule has 0 aliphatic heterocycles. The Morgan fingerprint density at radius 2 is 2.15 bits per heavy atom. The van der Waals surface area contributed by atoms with E-state index >= 15 is 0 Å². The lowest BCUT2D eigenvalue weighted by Crippen LogP contribution is -2.11. The maximum atomic E-state index is 13.6. The van der Waals surface area contributed by atoms with Gasteiger partial charge in [0.25, 0.3) is 0 Å². The van der Waals surface area contributed by atoms with Crippen molar-refractivity contribution in [2.75, 3.05) is 7.11 Å². The van der Waals surface area contributed by atoms with Crippen molar-refractivity contribution in [1.29, 1.82) is 0 Å². The smallest absolute Gasteiger partial charge is 0.143 e. The zero-order valence-electron chi connectivity index (χ0n) is 7.31. The molecule has 0 N–H and O–H groups in total. The molecule has 0 unspecified atom stereocenters. The molecular formula is C10H10BrFO. The Hall–Kier alpha value is -0.410. The van der Waals surface area contributed by atoms with Gasteiger partial charge >= 0.3 is 0 Å². The molecular weight excluding hydrogens is 235 g/mol. The second kappa shape index (κ2) is 3.07. The minimum atomic E-state index is -0.339. The number of hydrogen-bond acceptors (Lipinski definition) is 1. The van der Waals surface area contributed by atoms with E-state index in [0.29, 0.717) is 10.0 Å². The van der Waals surface area contributed by atoms with Crippen molar-refractivity contribution in [2.45, 2.75) is 18.4 Å². The third kappa shape index (κ3) is 1.40. The second-order valence-corrected chi connectivity index (χ2v) is 4.15. The molecule has 0 bridgehead atoms. The van der Waals surface area contributed by atoms with E-state index in [1.807, 2.05) is 6.07 Å². The van der Waals surface area contributed by atoms with E-state index in [4.69, 9.17) is 4.74 Å². The zero-order chi connectivity index (χ0) is 9.47. The third-order valence-electron chi connectivity index (χ3n) is 2.54. The van der Waals surface area contributed by atoms with Crippen LogP contribution in [0.1, 0.15) is 18.4 Å². The lowest BCUT2D eigenvalue weighted by Gasteiger charge is -2.14. The van der Waals surface area contributed by atoms with Crippen LogP contribution in [0.15, 0.2) is 22.7 Å². The Morgan fingerprint density at radius 1 is 1.46 bits per heavy atom. The van der Waals surface area contributed by atoms with Crippen LogP contribution in [0.2, 0.25) is 0 Å². The molecule has 70 valence electrons. The standard InChI is InChI=1S/C10H10BrFO/c1-13-10(5-6-10)7-3-2-4-8(11)9(7)12/h2-4H,5-6H2,1H3. The zero-order valence-corrected chi connectivity index (χ0v) is 8.90. The fourth-order valence-electron chi connectivity index (χ4n) is 1.55. The van der Waals surface area contributed by atoms with Crippen molar-refractivity contribution in [3.8, 4) is 0 Å². The molecule has 0 atom stereocenters. The van der Waals surface area contributed by atoms with Crippen LogP contribution in [0.3, 0.4) is 0 Å². The maximum Gasteiger partial charge on any atom is 0.143 e. The van der Waals surface area contributed by atoms with Crippen molar-refractivity contribution >= 4 is 15.9 Å². The van der Waals surface area contributed by atoms with E-state index in [1.54, 1.807) is 19.2 Å². The number of rotatable bonds is 2. The first-order chi connectivity index (χ1) is 6.19. The molecule has 3 heteroatoms. The summed E-state index contributed by atoms with van der Waals surface area (Å²) in [6.07, 6.45) is 1.83. The van der Waals surface area contributed by atoms with Crippen molar-refractivity contribution in [2.24, 2.45) is 0 Å². The first-order valence-corrected chi connectivity index (χ1v) is 4.98. The summed E-state index contributed by atoms with van der Waals surface area (Å²) in [5, 5.41) is 0. The highest BCUT2D eigenvalue weighted by Gasteiger charge is 2.46. The van der Waals surface area contributed by atoms with Gasteiger partial charge < -0.3 is 4.74 Å². The predicted octanol–water partition coefficient (Wildman–Crippen LogP) is 3.22. The SMILES string of the molecule is COC1(c2cccc(Br)c2F)CC1. The summed E-state index contributed by atoms with van der Waals surface area (Å²) in [5.41, 5.74) is 0.331. The van der Waals surface area contributed by atoms with E-state index in [2.05, 4.69) is 15.9 Å². The van der Waals surface area contributed by atoms with Crippen LogP contribution in [-0.4, -0.2) is 7.11 Å². The number of methoxy groups -OCH3 is 1. The van der Waals surface area contributed by atoms with Gasteiger partial charge in [0.1, 0.15) is 5.82 Å². The molecule has 1 saturated carbocycles. The molecule has 0 amide bonds. The highest BCUT2D eigenvalue weighted by atomic mass is 79.9. The van der Waals surface area contributed by atoms with Gasteiger partial charge in [-0.2, -0.15) is 0 Å². The predicted molar refractivity (Wildman–Crippen MR) is 52.0 cm³/mol. The monoisotopic (exact) mass is 244 g/mol. The quantitative estimate of drug-likeness (QED) is 0.777. The average Bonchev–Trinajstić information content (AvgIpc) is 2.90. The summed E-state index contributed by atoms with van der Waals surface area (Å²) in [6.45, 7) is 0. The molecule has 0 aromatic heterocycles. The van der Waals surface area contributed by atoms with Gasteiger partial charge in [-0.3, -0.25) is 0 Å². The summed E-state index contributed by atoms with van der Waals surface area (Å²) >= 11 is 3.16. The minimum absolute atomic E-state index is 0.193. The molecule has 1 aliphatic rings. The molecule has 1 fully saturated rings. The molecule has 1 aromatic carbocycles. The van der Waals surface area contributed by atoms with Crippen LogP contribution in [-0.2, 0) is 10.3 Å². The van der Waals surface area contributed by atoms with Crippen molar-refractivity contribution < 1.29 is 9.13 Å². The van der Waals surface area contributed by atoms with E-state index in [1.165, 1.54) is 0 Å². The lowest BCUT2D eigenvalue weighted by atomic mass is 10.1. The Labute approximate surface area is 85.0 Å². The Kier molecular flexibility index (Phi) is 2.16. The van der Waals surface area contributed by atoms with Gasteiger partial charge in [-0.1, -0.05) is 12.1 Å². The van der Waals surface area contributed by atoms with Crippen LogP contribution in [0.25, 0.3) is 0 Å². The van der Waals surface area contributed by atoms with Gasteiger partial charge in [-0.15, -0.1) is 0 Å². The lowest BCUT2D eigenvalue weighted by molar-refractivity contribution is 0.0756. The fourth-order valence-corrected chi connectivity index (χ4v) is 1.92. The van der Waals surface area contributed by atoms with Crippen LogP contribution < -0.4 is 0 Å². The van der Waals surface area contributed by atoms with Gasteiger partial charge in [-0.05, 0) is 34.8 Å². The molecule has 13 heavy (non-hydrogen) atoms. The normalized spacial score (nSPS) is 18.7. The fraction of sp³-hybridized carbons (Fsp3) is 0.400. The molecule has 1 aromatic rings. The van der Waals surface area contributed by atoms with Gasteiger partial charge in [0, 0.05) is 12.7 Å². The van der Waals surface area contributed by atoms with Crippen LogP contribution in [0.5, 0.6) is 0 Å². The van der Waals surface area contributed by atoms with Gasteiger partial charge in [0.2, 0.25) is 0 Å². The first-order valence-electron chi connectivity index (χ1n) is 4.19. The summed E-state index contributed by atoms with van der Waals surface area (Å²) in [6, 6.07) is 5.32. The second-order valence-electron chi connectivity index (χ2n) is 3.30. The summed E-state index contributed by atoms with van der Waals surface area (Å²) in [4.78, 5) is 0. The summed E-state index contributed by atoms with van der Waals surface area (Å²) in [5.74, 6) is -0.193. The molecule has 1 aliphatic carbocycles. The van der Waals surface area contributed by atoms with Gasteiger partial charge in [0.15, 0.2) is 0 Å². The number of halogens is 2. The maximum absolute atomic E-state index is 13.6. The van der Waals surface area contributed by atoms with E-state index in [0.717, 1.165) is 12.8 Å². The Bertz CT molecular complexity index is 334. The highest BCUT2D eigenvalue weighted by Crippen LogP contribution is 2.50. The third-order valence-corrected chi connectivity index (χ3v) is 3.15.